The van der Waals surface area contributed by atoms with Gasteiger partial charge in [-0.25, -0.2) is 0 Å². The Labute approximate surface area is 182 Å². The van der Waals surface area contributed by atoms with Crippen LogP contribution < -0.4 is 5.32 Å². The quantitative estimate of drug-likeness (QED) is 0.312. The van der Waals surface area contributed by atoms with Gasteiger partial charge < -0.3 is 20.0 Å². The van der Waals surface area contributed by atoms with Gasteiger partial charge in [-0.2, -0.15) is 0 Å². The fourth-order valence-electron chi connectivity index (χ4n) is 3.78. The van der Waals surface area contributed by atoms with Gasteiger partial charge in [-0.3, -0.25) is 14.7 Å². The molecule has 158 valence electrons. The molecule has 1 amide bonds. The lowest BCUT2D eigenvalue weighted by atomic mass is 10.3. The van der Waals surface area contributed by atoms with Crippen LogP contribution in [0.5, 0.6) is 0 Å². The topological polar surface area (TPSA) is 54.4 Å². The maximum Gasteiger partial charge on any atom is 0.236 e. The number of guanidine groups is 1. The largest absolute Gasteiger partial charge is 0.355 e. The van der Waals surface area contributed by atoms with Crippen LogP contribution in [0.3, 0.4) is 0 Å². The van der Waals surface area contributed by atoms with E-state index in [1.807, 2.05) is 11.9 Å². The summed E-state index contributed by atoms with van der Waals surface area (Å²) in [5.41, 5.74) is 0. The first-order valence-electron chi connectivity index (χ1n) is 10.4. The standard InChI is InChI=1S/C19H38N6O.HI/c1-4-9-22(5-2)12-8-21-19(20-3)25-15-13-23(14-16-25)17-18(26)24-10-6-7-11-24;/h4-17H2,1-3H3,(H,20,21);1H. The van der Waals surface area contributed by atoms with E-state index >= 15 is 0 Å². The Balaban J connectivity index is 0.00000364. The molecule has 0 bridgehead atoms. The second-order valence-corrected chi connectivity index (χ2v) is 7.26. The van der Waals surface area contributed by atoms with Crippen LogP contribution in [0.2, 0.25) is 0 Å². The molecule has 0 radical (unpaired) electrons. The predicted octanol–water partition coefficient (Wildman–Crippen LogP) is 1.15. The molecule has 1 N–H and O–H groups in total. The number of carbonyl (C=O) groups excluding carboxylic acids is 1. The highest BCUT2D eigenvalue weighted by atomic mass is 127. The molecule has 2 aliphatic rings. The van der Waals surface area contributed by atoms with Crippen molar-refractivity contribution in [1.29, 1.82) is 0 Å². The molecule has 0 spiro atoms. The van der Waals surface area contributed by atoms with Crippen molar-refractivity contribution in [3.63, 3.8) is 0 Å². The van der Waals surface area contributed by atoms with Gasteiger partial charge in [-0.1, -0.05) is 13.8 Å². The van der Waals surface area contributed by atoms with Crippen LogP contribution in [-0.2, 0) is 4.79 Å². The van der Waals surface area contributed by atoms with Gasteiger partial charge in [0.15, 0.2) is 5.96 Å². The van der Waals surface area contributed by atoms with Gasteiger partial charge in [-0.05, 0) is 32.4 Å². The molecule has 0 atom stereocenters. The molecule has 8 heteroatoms. The van der Waals surface area contributed by atoms with Crippen LogP contribution in [0.25, 0.3) is 0 Å². The first-order valence-corrected chi connectivity index (χ1v) is 10.4. The van der Waals surface area contributed by atoms with Crippen molar-refractivity contribution in [2.75, 3.05) is 79.0 Å². The number of likely N-dealkylation sites (N-methyl/N-ethyl adjacent to an activating group) is 1. The number of aliphatic imine (C=N–C) groups is 1. The number of rotatable bonds is 8. The number of nitrogens with one attached hydrogen (secondary N) is 1. The van der Waals surface area contributed by atoms with E-state index in [1.165, 1.54) is 6.42 Å². The van der Waals surface area contributed by atoms with E-state index in [4.69, 9.17) is 0 Å². The summed E-state index contributed by atoms with van der Waals surface area (Å²) in [6.07, 6.45) is 3.52. The van der Waals surface area contributed by atoms with E-state index in [0.717, 1.165) is 84.2 Å². The summed E-state index contributed by atoms with van der Waals surface area (Å²) in [5, 5.41) is 3.50. The number of carbonyl (C=O) groups is 1. The van der Waals surface area contributed by atoms with Gasteiger partial charge in [0.2, 0.25) is 5.91 Å². The van der Waals surface area contributed by atoms with Gasteiger partial charge in [0.05, 0.1) is 6.54 Å². The maximum absolute atomic E-state index is 12.3. The van der Waals surface area contributed by atoms with Crippen LogP contribution in [0, 0.1) is 0 Å². The third-order valence-corrected chi connectivity index (χ3v) is 5.40. The van der Waals surface area contributed by atoms with Gasteiger partial charge in [0.1, 0.15) is 0 Å². The second kappa shape index (κ2) is 13.5. The smallest absolute Gasteiger partial charge is 0.236 e. The fraction of sp³-hybridized carbons (Fsp3) is 0.895. The van der Waals surface area contributed by atoms with Gasteiger partial charge >= 0.3 is 0 Å². The normalized spacial score (nSPS) is 18.7. The molecule has 2 saturated heterocycles. The molecule has 0 saturated carbocycles. The van der Waals surface area contributed by atoms with E-state index in [0.29, 0.717) is 12.5 Å². The van der Waals surface area contributed by atoms with E-state index in [-0.39, 0.29) is 24.0 Å². The van der Waals surface area contributed by atoms with Crippen LogP contribution in [0.4, 0.5) is 0 Å². The van der Waals surface area contributed by atoms with Crippen molar-refractivity contribution in [1.82, 2.24) is 24.9 Å². The summed E-state index contributed by atoms with van der Waals surface area (Å²) >= 11 is 0. The molecule has 0 unspecified atom stereocenters. The lowest BCUT2D eigenvalue weighted by Gasteiger charge is -2.36. The number of hydrogen-bond donors (Lipinski definition) is 1. The lowest BCUT2D eigenvalue weighted by Crippen LogP contribution is -2.54. The number of hydrogen-bond acceptors (Lipinski definition) is 4. The zero-order valence-corrected chi connectivity index (χ0v) is 19.8. The van der Waals surface area contributed by atoms with Crippen molar-refractivity contribution >= 4 is 35.8 Å². The number of piperazine rings is 1. The molecule has 2 aliphatic heterocycles. The van der Waals surface area contributed by atoms with Gasteiger partial charge in [0, 0.05) is 59.4 Å². The summed E-state index contributed by atoms with van der Waals surface area (Å²) < 4.78 is 0. The van der Waals surface area contributed by atoms with Crippen molar-refractivity contribution in [2.24, 2.45) is 4.99 Å². The Morgan fingerprint density at radius 3 is 2.22 bits per heavy atom. The zero-order valence-electron chi connectivity index (χ0n) is 17.5. The monoisotopic (exact) mass is 494 g/mol. The SMILES string of the molecule is CCCN(CC)CCNC(=NC)N1CCN(CC(=O)N2CCCC2)CC1.I. The predicted molar refractivity (Wildman–Crippen MR) is 123 cm³/mol. The van der Waals surface area contributed by atoms with Crippen molar-refractivity contribution in [3.05, 3.63) is 0 Å². The Morgan fingerprint density at radius 2 is 1.67 bits per heavy atom. The third kappa shape index (κ3) is 8.11. The average Bonchev–Trinajstić information content (AvgIpc) is 3.20. The van der Waals surface area contributed by atoms with Crippen molar-refractivity contribution in [3.8, 4) is 0 Å². The highest BCUT2D eigenvalue weighted by molar-refractivity contribution is 14.0. The molecule has 2 fully saturated rings. The molecular weight excluding hydrogens is 455 g/mol. The minimum Gasteiger partial charge on any atom is -0.355 e. The van der Waals surface area contributed by atoms with Crippen LogP contribution in [-0.4, -0.2) is 111 Å². The van der Waals surface area contributed by atoms with Gasteiger partial charge in [-0.15, -0.1) is 24.0 Å². The van der Waals surface area contributed by atoms with Crippen LogP contribution in [0.15, 0.2) is 4.99 Å². The molecule has 2 heterocycles. The first-order chi connectivity index (χ1) is 12.7. The summed E-state index contributed by atoms with van der Waals surface area (Å²) in [5.74, 6) is 1.29. The number of likely N-dealkylation sites (tertiary alicyclic amines) is 1. The molecule has 27 heavy (non-hydrogen) atoms. The molecular formula is C19H39IN6O. The summed E-state index contributed by atoms with van der Waals surface area (Å²) in [7, 11) is 1.86. The molecule has 2 rings (SSSR count). The number of nitrogens with zero attached hydrogens (tertiary/aromatic N) is 5. The average molecular weight is 494 g/mol. The third-order valence-electron chi connectivity index (χ3n) is 5.40. The second-order valence-electron chi connectivity index (χ2n) is 7.26. The summed E-state index contributed by atoms with van der Waals surface area (Å²) in [4.78, 5) is 25.8. The molecule has 0 aromatic carbocycles. The van der Waals surface area contributed by atoms with E-state index < -0.39 is 0 Å². The summed E-state index contributed by atoms with van der Waals surface area (Å²) in [6, 6.07) is 0. The minimum absolute atomic E-state index is 0. The Kier molecular flexibility index (Phi) is 12.3. The van der Waals surface area contributed by atoms with E-state index in [1.54, 1.807) is 0 Å². The first kappa shape index (κ1) is 24.4. The highest BCUT2D eigenvalue weighted by Gasteiger charge is 2.24. The Bertz CT molecular complexity index is 447. The zero-order chi connectivity index (χ0) is 18.8. The molecule has 7 nitrogen and oxygen atoms in total. The lowest BCUT2D eigenvalue weighted by molar-refractivity contribution is -0.131. The minimum atomic E-state index is 0. The number of amides is 1. The summed E-state index contributed by atoms with van der Waals surface area (Å²) in [6.45, 7) is 14.8. The Morgan fingerprint density at radius 1 is 1.00 bits per heavy atom. The highest BCUT2D eigenvalue weighted by Crippen LogP contribution is 2.09. The van der Waals surface area contributed by atoms with E-state index in [9.17, 15) is 4.79 Å². The van der Waals surface area contributed by atoms with Crippen LogP contribution >= 0.6 is 24.0 Å². The molecule has 0 aromatic heterocycles. The van der Waals surface area contributed by atoms with Crippen molar-refractivity contribution < 1.29 is 4.79 Å². The fourth-order valence-corrected chi connectivity index (χ4v) is 3.78. The van der Waals surface area contributed by atoms with Crippen LogP contribution in [0.1, 0.15) is 33.1 Å². The molecule has 0 aliphatic carbocycles. The van der Waals surface area contributed by atoms with E-state index in [2.05, 4.69) is 38.9 Å². The molecule has 0 aromatic rings. The van der Waals surface area contributed by atoms with Gasteiger partial charge in [0.25, 0.3) is 0 Å². The van der Waals surface area contributed by atoms with Crippen molar-refractivity contribution in [2.45, 2.75) is 33.1 Å². The Hall–Kier alpha value is -0.610. The number of halogens is 1. The maximum atomic E-state index is 12.3.